The first kappa shape index (κ1) is 7.82. The molecular formula is C7H14O2Si. The van der Waals surface area contributed by atoms with Crippen molar-refractivity contribution in [2.24, 2.45) is 0 Å². The SMILES string of the molecule is OC=C[SiH2]C1CCCCO1. The molecule has 1 fully saturated rings. The summed E-state index contributed by atoms with van der Waals surface area (Å²) in [6.07, 6.45) is 4.88. The molecule has 1 aliphatic rings. The van der Waals surface area contributed by atoms with Crippen molar-refractivity contribution in [1.29, 1.82) is 0 Å². The van der Waals surface area contributed by atoms with E-state index < -0.39 is 0 Å². The van der Waals surface area contributed by atoms with Crippen LogP contribution in [0.15, 0.2) is 12.0 Å². The molecule has 0 amide bonds. The van der Waals surface area contributed by atoms with E-state index in [1.54, 1.807) is 0 Å². The average Bonchev–Trinajstić information content (AvgIpc) is 2.03. The fraction of sp³-hybridized carbons (Fsp3) is 0.714. The molecule has 1 heterocycles. The normalized spacial score (nSPS) is 28.6. The van der Waals surface area contributed by atoms with E-state index in [2.05, 4.69) is 0 Å². The first-order chi connectivity index (χ1) is 4.93. The Bertz CT molecular complexity index is 108. The summed E-state index contributed by atoms with van der Waals surface area (Å²) in [6, 6.07) is 0. The molecule has 0 bridgehead atoms. The predicted molar refractivity (Wildman–Crippen MR) is 43.9 cm³/mol. The van der Waals surface area contributed by atoms with Gasteiger partial charge in [-0.15, -0.1) is 0 Å². The van der Waals surface area contributed by atoms with Crippen molar-refractivity contribution >= 4 is 9.52 Å². The molecule has 0 aliphatic carbocycles. The minimum absolute atomic E-state index is 0.287. The van der Waals surface area contributed by atoms with Gasteiger partial charge in [0, 0.05) is 12.3 Å². The lowest BCUT2D eigenvalue weighted by Crippen LogP contribution is -2.24. The second-order valence-corrected chi connectivity index (χ2v) is 4.46. The van der Waals surface area contributed by atoms with Crippen LogP contribution in [0.3, 0.4) is 0 Å². The molecule has 58 valence electrons. The van der Waals surface area contributed by atoms with Crippen LogP contribution in [0.5, 0.6) is 0 Å². The van der Waals surface area contributed by atoms with Crippen molar-refractivity contribution in [3.05, 3.63) is 12.0 Å². The molecule has 0 spiro atoms. The van der Waals surface area contributed by atoms with Gasteiger partial charge in [-0.25, -0.2) is 0 Å². The van der Waals surface area contributed by atoms with Gasteiger partial charge in [0.05, 0.1) is 15.8 Å². The van der Waals surface area contributed by atoms with Gasteiger partial charge in [-0.05, 0) is 19.3 Å². The van der Waals surface area contributed by atoms with E-state index >= 15 is 0 Å². The lowest BCUT2D eigenvalue weighted by molar-refractivity contribution is 0.0659. The third kappa shape index (κ3) is 2.54. The fourth-order valence-corrected chi connectivity index (χ4v) is 2.46. The number of aliphatic hydroxyl groups excluding tert-OH is 1. The van der Waals surface area contributed by atoms with Gasteiger partial charge >= 0.3 is 0 Å². The number of aliphatic hydroxyl groups is 1. The van der Waals surface area contributed by atoms with Crippen molar-refractivity contribution in [3.63, 3.8) is 0 Å². The van der Waals surface area contributed by atoms with Crippen LogP contribution in [0.2, 0.25) is 0 Å². The number of hydrogen-bond donors (Lipinski definition) is 1. The van der Waals surface area contributed by atoms with Crippen molar-refractivity contribution in [2.75, 3.05) is 6.61 Å². The Balaban J connectivity index is 2.13. The highest BCUT2D eigenvalue weighted by molar-refractivity contribution is 6.43. The van der Waals surface area contributed by atoms with Crippen LogP contribution in [0, 0.1) is 0 Å². The largest absolute Gasteiger partial charge is 0.516 e. The van der Waals surface area contributed by atoms with Crippen LogP contribution < -0.4 is 0 Å². The van der Waals surface area contributed by atoms with Gasteiger partial charge < -0.3 is 9.84 Å². The van der Waals surface area contributed by atoms with Crippen molar-refractivity contribution in [3.8, 4) is 0 Å². The van der Waals surface area contributed by atoms with Crippen LogP contribution in [-0.2, 0) is 4.74 Å². The Hall–Kier alpha value is -0.283. The standard InChI is InChI=1S/C7H14O2Si/c8-4-6-10-7-3-1-2-5-9-7/h4,6-8H,1-3,5,10H2. The molecule has 1 aliphatic heterocycles. The number of ether oxygens (including phenoxy) is 1. The van der Waals surface area contributed by atoms with Crippen LogP contribution in [0.4, 0.5) is 0 Å². The third-order valence-corrected chi connectivity index (χ3v) is 3.43. The molecule has 2 nitrogen and oxygen atoms in total. The average molecular weight is 158 g/mol. The molecule has 0 aromatic heterocycles. The molecule has 1 N–H and O–H groups in total. The molecule has 3 heteroatoms. The van der Waals surface area contributed by atoms with Gasteiger partial charge in [0.15, 0.2) is 0 Å². The lowest BCUT2D eigenvalue weighted by atomic mass is 10.2. The molecule has 1 saturated heterocycles. The first-order valence-electron chi connectivity index (χ1n) is 3.84. The van der Waals surface area contributed by atoms with E-state index in [9.17, 15) is 0 Å². The summed E-state index contributed by atoms with van der Waals surface area (Å²) in [5.74, 6) is 0. The van der Waals surface area contributed by atoms with Crippen LogP contribution in [0.1, 0.15) is 19.3 Å². The van der Waals surface area contributed by atoms with E-state index in [-0.39, 0.29) is 9.52 Å². The van der Waals surface area contributed by atoms with Gasteiger partial charge in [0.1, 0.15) is 0 Å². The molecular weight excluding hydrogens is 144 g/mol. The van der Waals surface area contributed by atoms with Crippen LogP contribution in [0.25, 0.3) is 0 Å². The summed E-state index contributed by atoms with van der Waals surface area (Å²) >= 11 is 0. The Morgan fingerprint density at radius 3 is 3.00 bits per heavy atom. The second kappa shape index (κ2) is 4.52. The maximum absolute atomic E-state index is 8.40. The summed E-state index contributed by atoms with van der Waals surface area (Å²) in [5, 5.41) is 8.40. The Morgan fingerprint density at radius 2 is 2.40 bits per heavy atom. The molecule has 10 heavy (non-hydrogen) atoms. The molecule has 0 aromatic rings. The van der Waals surface area contributed by atoms with Gasteiger partial charge in [-0.1, -0.05) is 5.70 Å². The van der Waals surface area contributed by atoms with E-state index in [1.807, 2.05) is 5.70 Å². The van der Waals surface area contributed by atoms with Gasteiger partial charge in [0.2, 0.25) is 0 Å². The highest BCUT2D eigenvalue weighted by atomic mass is 28.2. The summed E-state index contributed by atoms with van der Waals surface area (Å²) < 4.78 is 5.48. The van der Waals surface area contributed by atoms with Crippen molar-refractivity contribution in [1.82, 2.24) is 0 Å². The van der Waals surface area contributed by atoms with E-state index in [0.717, 1.165) is 12.9 Å². The Morgan fingerprint density at radius 1 is 1.50 bits per heavy atom. The minimum atomic E-state index is -0.287. The molecule has 0 saturated carbocycles. The van der Waals surface area contributed by atoms with Crippen molar-refractivity contribution < 1.29 is 9.84 Å². The van der Waals surface area contributed by atoms with Gasteiger partial charge in [0.25, 0.3) is 0 Å². The Kier molecular flexibility index (Phi) is 3.53. The molecule has 1 atom stereocenters. The molecule has 0 radical (unpaired) electrons. The highest BCUT2D eigenvalue weighted by Gasteiger charge is 2.11. The van der Waals surface area contributed by atoms with Crippen LogP contribution >= 0.6 is 0 Å². The van der Waals surface area contributed by atoms with E-state index in [1.165, 1.54) is 19.3 Å². The Labute approximate surface area is 63.7 Å². The van der Waals surface area contributed by atoms with Crippen LogP contribution in [-0.4, -0.2) is 27.0 Å². The monoisotopic (exact) mass is 158 g/mol. The highest BCUT2D eigenvalue weighted by Crippen LogP contribution is 2.11. The smallest absolute Gasteiger partial charge is 0.0835 e. The van der Waals surface area contributed by atoms with Crippen molar-refractivity contribution in [2.45, 2.75) is 25.0 Å². The maximum Gasteiger partial charge on any atom is 0.0835 e. The maximum atomic E-state index is 8.40. The summed E-state index contributed by atoms with van der Waals surface area (Å²) in [5.41, 5.74) is 2.38. The summed E-state index contributed by atoms with van der Waals surface area (Å²) in [7, 11) is -0.287. The molecule has 0 aromatic carbocycles. The summed E-state index contributed by atoms with van der Waals surface area (Å²) in [6.45, 7) is 0.928. The minimum Gasteiger partial charge on any atom is -0.516 e. The third-order valence-electron chi connectivity index (χ3n) is 1.78. The quantitative estimate of drug-likeness (QED) is 0.474. The molecule has 1 rings (SSSR count). The number of rotatable bonds is 2. The van der Waals surface area contributed by atoms with Gasteiger partial charge in [-0.3, -0.25) is 0 Å². The lowest BCUT2D eigenvalue weighted by Gasteiger charge is -2.20. The summed E-state index contributed by atoms with van der Waals surface area (Å²) in [4.78, 5) is 0. The zero-order chi connectivity index (χ0) is 7.23. The van der Waals surface area contributed by atoms with E-state index in [0.29, 0.717) is 5.73 Å². The van der Waals surface area contributed by atoms with Gasteiger partial charge in [-0.2, -0.15) is 0 Å². The van der Waals surface area contributed by atoms with E-state index in [4.69, 9.17) is 9.84 Å². The first-order valence-corrected chi connectivity index (χ1v) is 5.47. The number of hydrogen-bond acceptors (Lipinski definition) is 2. The zero-order valence-corrected chi connectivity index (χ0v) is 7.54. The second-order valence-electron chi connectivity index (χ2n) is 2.61. The fourth-order valence-electron chi connectivity index (χ4n) is 1.21. The topological polar surface area (TPSA) is 29.5 Å². The predicted octanol–water partition coefficient (Wildman–Crippen LogP) is 0.711. The molecule has 1 unspecified atom stereocenters. The zero-order valence-electron chi connectivity index (χ0n) is 6.12.